The van der Waals surface area contributed by atoms with Gasteiger partial charge in [-0.2, -0.15) is 0 Å². The van der Waals surface area contributed by atoms with Crippen LogP contribution in [0.5, 0.6) is 5.75 Å². The van der Waals surface area contributed by atoms with Gasteiger partial charge in [-0.15, -0.1) is 11.3 Å². The number of carboxylic acid groups (broad SMARTS) is 1. The van der Waals surface area contributed by atoms with E-state index < -0.39 is 11.9 Å². The molecule has 2 aromatic carbocycles. The number of carbonyl (C=O) groups is 2. The molecule has 3 aromatic rings. The zero-order chi connectivity index (χ0) is 21.3. The van der Waals surface area contributed by atoms with Gasteiger partial charge < -0.3 is 15.2 Å². The molecule has 0 saturated carbocycles. The van der Waals surface area contributed by atoms with E-state index in [9.17, 15) is 14.7 Å². The van der Waals surface area contributed by atoms with Gasteiger partial charge in [-0.3, -0.25) is 4.79 Å². The summed E-state index contributed by atoms with van der Waals surface area (Å²) in [4.78, 5) is 25.4. The summed E-state index contributed by atoms with van der Waals surface area (Å²) in [7, 11) is 1.49. The normalized spacial score (nSPS) is 10.7. The minimum Gasteiger partial charge on any atom is -0.494 e. The number of carboxylic acids is 1. The summed E-state index contributed by atoms with van der Waals surface area (Å²) in [5.74, 6) is -1.14. The molecule has 1 amide bonds. The molecule has 0 saturated heterocycles. The summed E-state index contributed by atoms with van der Waals surface area (Å²) in [5, 5.41) is 14.1. The lowest BCUT2D eigenvalue weighted by molar-refractivity contribution is 0.0699. The van der Waals surface area contributed by atoms with Crippen molar-refractivity contribution < 1.29 is 19.4 Å². The first-order valence-corrected chi connectivity index (χ1v) is 11.9. The maximum Gasteiger partial charge on any atom is 0.339 e. The van der Waals surface area contributed by atoms with Crippen molar-refractivity contribution in [2.45, 2.75) is 0 Å². The average molecular weight is 669 g/mol. The molecule has 1 aromatic heterocycles. The van der Waals surface area contributed by atoms with E-state index in [4.69, 9.17) is 4.74 Å². The van der Waals surface area contributed by atoms with Gasteiger partial charge in [0.05, 0.1) is 32.2 Å². The fourth-order valence-corrected chi connectivity index (χ4v) is 5.66. The molecule has 3 rings (SSSR count). The van der Waals surface area contributed by atoms with Crippen molar-refractivity contribution in [2.75, 3.05) is 12.4 Å². The molecule has 0 radical (unpaired) electrons. The van der Waals surface area contributed by atoms with Crippen LogP contribution < -0.4 is 10.1 Å². The number of halogens is 4. The third kappa shape index (κ3) is 4.61. The standard InChI is InChI=1S/C19H11Br4NO4S/c1-28-16-14(22)10(6-11(21)15(16)23)18(25)24-12-7-29-17(13(12)19(26)27)8-2-4-9(20)5-3-8/h2-7H,1H3,(H,24,25)(H,26,27). The summed E-state index contributed by atoms with van der Waals surface area (Å²) < 4.78 is 7.96. The molecule has 1 heterocycles. The largest absolute Gasteiger partial charge is 0.494 e. The lowest BCUT2D eigenvalue weighted by atomic mass is 10.1. The monoisotopic (exact) mass is 665 g/mol. The van der Waals surface area contributed by atoms with Gasteiger partial charge in [0.2, 0.25) is 0 Å². The number of methoxy groups -OCH3 is 1. The second kappa shape index (κ2) is 9.30. The van der Waals surface area contributed by atoms with Gasteiger partial charge >= 0.3 is 5.97 Å². The average Bonchev–Trinajstić information content (AvgIpc) is 3.09. The summed E-state index contributed by atoms with van der Waals surface area (Å²) in [6.45, 7) is 0. The maximum atomic E-state index is 12.9. The Balaban J connectivity index is 2.01. The number of anilines is 1. The van der Waals surface area contributed by atoms with E-state index >= 15 is 0 Å². The number of benzene rings is 2. The SMILES string of the molecule is COc1c(Br)c(Br)cc(C(=O)Nc2csc(-c3ccc(Br)cc3)c2C(=O)O)c1Br. The molecule has 10 heteroatoms. The number of ether oxygens (including phenoxy) is 1. The predicted molar refractivity (Wildman–Crippen MR) is 128 cm³/mol. The van der Waals surface area contributed by atoms with Crippen molar-refractivity contribution in [3.05, 3.63) is 64.7 Å². The molecular formula is C19H11Br4NO4S. The Morgan fingerprint density at radius 3 is 2.31 bits per heavy atom. The lowest BCUT2D eigenvalue weighted by Crippen LogP contribution is -2.15. The van der Waals surface area contributed by atoms with Crippen LogP contribution in [-0.2, 0) is 0 Å². The molecule has 2 N–H and O–H groups in total. The Bertz CT molecular complexity index is 1110. The number of hydrogen-bond acceptors (Lipinski definition) is 4. The van der Waals surface area contributed by atoms with Crippen molar-refractivity contribution in [1.82, 2.24) is 0 Å². The topological polar surface area (TPSA) is 75.6 Å². The molecular weight excluding hydrogens is 658 g/mol. The van der Waals surface area contributed by atoms with Crippen LogP contribution in [0.25, 0.3) is 10.4 Å². The zero-order valence-corrected chi connectivity index (χ0v) is 21.7. The van der Waals surface area contributed by atoms with Gasteiger partial charge in [0.1, 0.15) is 11.3 Å². The Morgan fingerprint density at radius 2 is 1.72 bits per heavy atom. The van der Waals surface area contributed by atoms with Gasteiger partial charge in [-0.1, -0.05) is 28.1 Å². The van der Waals surface area contributed by atoms with Crippen LogP contribution in [0, 0.1) is 0 Å². The highest BCUT2D eigenvalue weighted by Crippen LogP contribution is 2.42. The third-order valence-electron chi connectivity index (χ3n) is 3.92. The van der Waals surface area contributed by atoms with Crippen molar-refractivity contribution in [3.63, 3.8) is 0 Å². The van der Waals surface area contributed by atoms with E-state index in [0.717, 1.165) is 10.0 Å². The Kier molecular flexibility index (Phi) is 7.21. The Labute approximate surface area is 204 Å². The summed E-state index contributed by atoms with van der Waals surface area (Å²) >= 11 is 14.8. The van der Waals surface area contributed by atoms with E-state index in [-0.39, 0.29) is 11.3 Å². The number of nitrogens with one attached hydrogen (secondary N) is 1. The molecule has 0 unspecified atom stereocenters. The van der Waals surface area contributed by atoms with Crippen molar-refractivity contribution in [1.29, 1.82) is 0 Å². The number of amides is 1. The number of carbonyl (C=O) groups excluding carboxylic acids is 1. The molecule has 0 aliphatic heterocycles. The van der Waals surface area contributed by atoms with E-state index in [1.165, 1.54) is 18.4 Å². The maximum absolute atomic E-state index is 12.9. The van der Waals surface area contributed by atoms with Crippen molar-refractivity contribution >= 4 is 92.6 Å². The van der Waals surface area contributed by atoms with Crippen molar-refractivity contribution in [3.8, 4) is 16.2 Å². The predicted octanol–water partition coefficient (Wildman–Crippen LogP) is 7.42. The molecule has 5 nitrogen and oxygen atoms in total. The van der Waals surface area contributed by atoms with Crippen LogP contribution in [-0.4, -0.2) is 24.1 Å². The van der Waals surface area contributed by atoms with Gasteiger partial charge in [0.15, 0.2) is 0 Å². The fraction of sp³-hybridized carbons (Fsp3) is 0.0526. The van der Waals surface area contributed by atoms with Gasteiger partial charge in [0, 0.05) is 14.3 Å². The highest BCUT2D eigenvalue weighted by molar-refractivity contribution is 9.13. The minimum absolute atomic E-state index is 0.0462. The number of hydrogen-bond donors (Lipinski definition) is 2. The van der Waals surface area contributed by atoms with E-state index in [1.54, 1.807) is 11.4 Å². The zero-order valence-electron chi connectivity index (χ0n) is 14.6. The van der Waals surface area contributed by atoms with Crippen LogP contribution in [0.1, 0.15) is 20.7 Å². The second-order valence-electron chi connectivity index (χ2n) is 5.69. The number of thiophene rings is 1. The van der Waals surface area contributed by atoms with E-state index in [1.807, 2.05) is 24.3 Å². The van der Waals surface area contributed by atoms with Gasteiger partial charge in [0.25, 0.3) is 5.91 Å². The molecule has 0 atom stereocenters. The van der Waals surface area contributed by atoms with Crippen LogP contribution in [0.4, 0.5) is 5.69 Å². The van der Waals surface area contributed by atoms with Crippen molar-refractivity contribution in [2.24, 2.45) is 0 Å². The van der Waals surface area contributed by atoms with Crippen LogP contribution in [0.3, 0.4) is 0 Å². The smallest absolute Gasteiger partial charge is 0.339 e. The molecule has 0 aliphatic rings. The molecule has 0 spiro atoms. The quantitative estimate of drug-likeness (QED) is 0.278. The molecule has 29 heavy (non-hydrogen) atoms. The first-order chi connectivity index (χ1) is 13.7. The lowest BCUT2D eigenvalue weighted by Gasteiger charge is -2.13. The molecule has 150 valence electrons. The van der Waals surface area contributed by atoms with Gasteiger partial charge in [-0.05, 0) is 71.6 Å². The van der Waals surface area contributed by atoms with Crippen LogP contribution >= 0.6 is 75.1 Å². The molecule has 0 aliphatic carbocycles. The summed E-state index contributed by atoms with van der Waals surface area (Å²) in [6.07, 6.45) is 0. The van der Waals surface area contributed by atoms with Crippen LogP contribution in [0.15, 0.2) is 53.6 Å². The number of aromatic carboxylic acids is 1. The first-order valence-electron chi connectivity index (χ1n) is 7.88. The third-order valence-corrected chi connectivity index (χ3v) is 8.21. The molecule has 0 fully saturated rings. The summed E-state index contributed by atoms with van der Waals surface area (Å²) in [6, 6.07) is 8.93. The number of rotatable bonds is 5. The fourth-order valence-electron chi connectivity index (χ4n) is 2.59. The Morgan fingerprint density at radius 1 is 1.07 bits per heavy atom. The van der Waals surface area contributed by atoms with Gasteiger partial charge in [-0.25, -0.2) is 4.79 Å². The van der Waals surface area contributed by atoms with Crippen LogP contribution in [0.2, 0.25) is 0 Å². The first kappa shape index (κ1) is 22.5. The summed E-state index contributed by atoms with van der Waals surface area (Å²) in [5.41, 5.74) is 1.33. The highest BCUT2D eigenvalue weighted by atomic mass is 79.9. The van der Waals surface area contributed by atoms with E-state index in [2.05, 4.69) is 69.0 Å². The second-order valence-corrected chi connectivity index (χ2v) is 9.92. The molecule has 0 bridgehead atoms. The van der Waals surface area contributed by atoms with E-state index in [0.29, 0.717) is 29.6 Å². The highest BCUT2D eigenvalue weighted by Gasteiger charge is 2.24. The minimum atomic E-state index is -1.12. The Hall–Kier alpha value is -1.20.